The SMILES string of the molecule is Clc1ccc2c(c1)C(c1ccccc1)=NCC(N/N=C/CBr)=N2. The van der Waals surface area contributed by atoms with Gasteiger partial charge in [-0.3, -0.25) is 10.4 Å². The van der Waals surface area contributed by atoms with Crippen molar-refractivity contribution in [2.75, 3.05) is 11.9 Å². The second kappa shape index (κ2) is 7.53. The number of amidine groups is 1. The van der Waals surface area contributed by atoms with Gasteiger partial charge in [-0.05, 0) is 18.2 Å². The van der Waals surface area contributed by atoms with Gasteiger partial charge in [0.25, 0.3) is 0 Å². The van der Waals surface area contributed by atoms with E-state index in [1.807, 2.05) is 48.5 Å². The lowest BCUT2D eigenvalue weighted by molar-refractivity contribution is 0.998. The summed E-state index contributed by atoms with van der Waals surface area (Å²) >= 11 is 9.47. The minimum absolute atomic E-state index is 0.427. The molecule has 0 aromatic heterocycles. The Morgan fingerprint density at radius 3 is 2.83 bits per heavy atom. The van der Waals surface area contributed by atoms with Crippen molar-refractivity contribution in [2.24, 2.45) is 15.1 Å². The molecule has 1 heterocycles. The fourth-order valence-corrected chi connectivity index (χ4v) is 2.59. The summed E-state index contributed by atoms with van der Waals surface area (Å²) in [6.07, 6.45) is 1.72. The van der Waals surface area contributed by atoms with Crippen LogP contribution in [0, 0.1) is 0 Å². The van der Waals surface area contributed by atoms with Crippen LogP contribution in [0.2, 0.25) is 5.02 Å². The molecule has 3 rings (SSSR count). The number of hydrogen-bond donors (Lipinski definition) is 1. The Morgan fingerprint density at radius 2 is 2.04 bits per heavy atom. The maximum atomic E-state index is 6.17. The van der Waals surface area contributed by atoms with Gasteiger partial charge in [0.1, 0.15) is 5.84 Å². The molecule has 1 N–H and O–H groups in total. The lowest BCUT2D eigenvalue weighted by Gasteiger charge is -2.08. The van der Waals surface area contributed by atoms with E-state index in [9.17, 15) is 0 Å². The summed E-state index contributed by atoms with van der Waals surface area (Å²) in [5, 5.41) is 5.44. The van der Waals surface area contributed by atoms with E-state index in [0.717, 1.165) is 22.5 Å². The molecule has 1 aliphatic rings. The molecular formula is C17H14BrClN4. The van der Waals surface area contributed by atoms with Gasteiger partial charge < -0.3 is 0 Å². The highest BCUT2D eigenvalue weighted by Gasteiger charge is 2.16. The third-order valence-electron chi connectivity index (χ3n) is 3.26. The standard InChI is InChI=1S/C17H14BrClN4/c18-8-9-21-23-16-11-20-17(12-4-2-1-3-5-12)14-10-13(19)6-7-15(14)22-16/h1-7,9-10H,8,11H2,(H,22,23)/b21-9+. The third kappa shape index (κ3) is 3.86. The number of halogens is 2. The van der Waals surface area contributed by atoms with Gasteiger partial charge in [0, 0.05) is 27.7 Å². The summed E-state index contributed by atoms with van der Waals surface area (Å²) in [5.41, 5.74) is 6.61. The average Bonchev–Trinajstić information content (AvgIpc) is 2.75. The summed E-state index contributed by atoms with van der Waals surface area (Å²) in [6.45, 7) is 0.427. The first kappa shape index (κ1) is 15.9. The lowest BCUT2D eigenvalue weighted by Crippen LogP contribution is -2.20. The van der Waals surface area contributed by atoms with E-state index in [4.69, 9.17) is 16.6 Å². The highest BCUT2D eigenvalue weighted by atomic mass is 79.9. The van der Waals surface area contributed by atoms with Crippen LogP contribution >= 0.6 is 27.5 Å². The molecule has 6 heteroatoms. The molecule has 0 atom stereocenters. The highest BCUT2D eigenvalue weighted by Crippen LogP contribution is 2.28. The summed E-state index contributed by atoms with van der Waals surface area (Å²) in [5.74, 6) is 0.691. The average molecular weight is 390 g/mol. The molecule has 0 amide bonds. The molecule has 23 heavy (non-hydrogen) atoms. The topological polar surface area (TPSA) is 49.1 Å². The van der Waals surface area contributed by atoms with E-state index in [1.54, 1.807) is 6.21 Å². The van der Waals surface area contributed by atoms with E-state index >= 15 is 0 Å². The summed E-state index contributed by atoms with van der Waals surface area (Å²) in [4.78, 5) is 9.35. The number of fused-ring (bicyclic) bond motifs is 1. The zero-order chi connectivity index (χ0) is 16.1. The first-order valence-corrected chi connectivity index (χ1v) is 8.59. The molecule has 1 aliphatic heterocycles. The number of hydrazone groups is 1. The van der Waals surface area contributed by atoms with Gasteiger partial charge in [-0.2, -0.15) is 5.10 Å². The summed E-state index contributed by atoms with van der Waals surface area (Å²) < 4.78 is 0. The third-order valence-corrected chi connectivity index (χ3v) is 3.78. The molecule has 2 aromatic rings. The minimum Gasteiger partial charge on any atom is -0.276 e. The fourth-order valence-electron chi connectivity index (χ4n) is 2.27. The smallest absolute Gasteiger partial charge is 0.144 e. The Morgan fingerprint density at radius 1 is 1.22 bits per heavy atom. The van der Waals surface area contributed by atoms with Gasteiger partial charge in [0.2, 0.25) is 0 Å². The molecule has 0 bridgehead atoms. The maximum Gasteiger partial charge on any atom is 0.144 e. The van der Waals surface area contributed by atoms with Crippen molar-refractivity contribution in [1.82, 2.24) is 5.43 Å². The van der Waals surface area contributed by atoms with Crippen molar-refractivity contribution in [1.29, 1.82) is 0 Å². The van der Waals surface area contributed by atoms with E-state index < -0.39 is 0 Å². The van der Waals surface area contributed by atoms with E-state index in [2.05, 4.69) is 31.4 Å². The van der Waals surface area contributed by atoms with Gasteiger partial charge in [-0.25, -0.2) is 4.99 Å². The predicted octanol–water partition coefficient (Wildman–Crippen LogP) is 4.19. The lowest BCUT2D eigenvalue weighted by atomic mass is 10.0. The predicted molar refractivity (Wildman–Crippen MR) is 101 cm³/mol. The first-order valence-electron chi connectivity index (χ1n) is 7.09. The minimum atomic E-state index is 0.427. The molecule has 2 aromatic carbocycles. The summed E-state index contributed by atoms with van der Waals surface area (Å²) in [6, 6.07) is 15.7. The van der Waals surface area contributed by atoms with E-state index in [-0.39, 0.29) is 0 Å². The number of nitrogens with one attached hydrogen (secondary N) is 1. The highest BCUT2D eigenvalue weighted by molar-refractivity contribution is 9.09. The Kier molecular flexibility index (Phi) is 5.20. The quantitative estimate of drug-likeness (QED) is 0.477. The molecule has 0 fully saturated rings. The maximum absolute atomic E-state index is 6.17. The normalized spacial score (nSPS) is 14.0. The molecule has 4 nitrogen and oxygen atoms in total. The van der Waals surface area contributed by atoms with Crippen LogP contribution < -0.4 is 5.43 Å². The molecular weight excluding hydrogens is 376 g/mol. The Balaban J connectivity index is 2.05. The number of aliphatic imine (C=N–C) groups is 2. The van der Waals surface area contributed by atoms with Crippen molar-refractivity contribution in [3.63, 3.8) is 0 Å². The van der Waals surface area contributed by atoms with Gasteiger partial charge in [-0.15, -0.1) is 0 Å². The number of alkyl halides is 1. The van der Waals surface area contributed by atoms with E-state index in [1.165, 1.54) is 0 Å². The zero-order valence-electron chi connectivity index (χ0n) is 12.2. The van der Waals surface area contributed by atoms with Crippen LogP contribution in [0.1, 0.15) is 11.1 Å². The van der Waals surface area contributed by atoms with Gasteiger partial charge in [-0.1, -0.05) is 57.9 Å². The molecule has 0 radical (unpaired) electrons. The molecule has 0 saturated carbocycles. The number of benzene rings is 2. The monoisotopic (exact) mass is 388 g/mol. The molecule has 0 unspecified atom stereocenters. The van der Waals surface area contributed by atoms with Gasteiger partial charge in [0.15, 0.2) is 0 Å². The van der Waals surface area contributed by atoms with Crippen molar-refractivity contribution >= 4 is 51.0 Å². The van der Waals surface area contributed by atoms with Crippen LogP contribution in [-0.4, -0.2) is 29.6 Å². The molecule has 0 spiro atoms. The van der Waals surface area contributed by atoms with Crippen LogP contribution in [-0.2, 0) is 0 Å². The van der Waals surface area contributed by atoms with Crippen LogP contribution in [0.4, 0.5) is 5.69 Å². The largest absolute Gasteiger partial charge is 0.276 e. The Bertz CT molecular complexity index is 784. The summed E-state index contributed by atoms with van der Waals surface area (Å²) in [7, 11) is 0. The van der Waals surface area contributed by atoms with Gasteiger partial charge in [0.05, 0.1) is 17.9 Å². The van der Waals surface area contributed by atoms with Crippen molar-refractivity contribution < 1.29 is 0 Å². The molecule has 0 saturated heterocycles. The first-order chi connectivity index (χ1) is 11.3. The fraction of sp³-hybridized carbons (Fsp3) is 0.118. The van der Waals surface area contributed by atoms with Gasteiger partial charge >= 0.3 is 0 Å². The Labute approximate surface area is 148 Å². The number of rotatable bonds is 3. The zero-order valence-corrected chi connectivity index (χ0v) is 14.5. The Hall–Kier alpha value is -1.98. The van der Waals surface area contributed by atoms with Crippen LogP contribution in [0.3, 0.4) is 0 Å². The molecule has 116 valence electrons. The number of nitrogens with zero attached hydrogens (tertiary/aromatic N) is 3. The van der Waals surface area contributed by atoms with E-state index in [0.29, 0.717) is 22.7 Å². The van der Waals surface area contributed by atoms with Crippen LogP contribution in [0.15, 0.2) is 63.6 Å². The molecule has 0 aliphatic carbocycles. The van der Waals surface area contributed by atoms with Crippen molar-refractivity contribution in [3.05, 3.63) is 64.7 Å². The van der Waals surface area contributed by atoms with Crippen molar-refractivity contribution in [2.45, 2.75) is 0 Å². The van der Waals surface area contributed by atoms with Crippen LogP contribution in [0.5, 0.6) is 0 Å². The second-order valence-corrected chi connectivity index (χ2v) is 5.91. The van der Waals surface area contributed by atoms with Crippen molar-refractivity contribution in [3.8, 4) is 0 Å². The number of hydrogen-bond acceptors (Lipinski definition) is 4. The van der Waals surface area contributed by atoms with Crippen LogP contribution in [0.25, 0.3) is 0 Å². The second-order valence-electron chi connectivity index (χ2n) is 4.83.